The normalized spacial score (nSPS) is 12.2. The predicted octanol–water partition coefficient (Wildman–Crippen LogP) is 4.46. The minimum atomic E-state index is -3.72. The van der Waals surface area contributed by atoms with Crippen molar-refractivity contribution in [2.75, 3.05) is 0 Å². The second kappa shape index (κ2) is 6.19. The second-order valence-electron chi connectivity index (χ2n) is 5.08. The number of nitrogens with zero attached hydrogens (tertiary/aromatic N) is 1. The van der Waals surface area contributed by atoms with Gasteiger partial charge < -0.3 is 4.57 Å². The Bertz CT molecular complexity index is 704. The number of fused-ring (bicyclic) bond motifs is 1. The number of aromatic nitrogens is 1. The minimum absolute atomic E-state index is 0.255. The molecular formula is C15H20ClNO2S. The molecule has 5 heteroatoms. The molecule has 0 spiro atoms. The van der Waals surface area contributed by atoms with Gasteiger partial charge in [-0.15, -0.1) is 0 Å². The molecule has 1 heterocycles. The van der Waals surface area contributed by atoms with Crippen LogP contribution < -0.4 is 0 Å². The fraction of sp³-hybridized carbons (Fsp3) is 0.467. The summed E-state index contributed by atoms with van der Waals surface area (Å²) in [5.41, 5.74) is 1.68. The first-order valence-corrected chi connectivity index (χ1v) is 9.30. The van der Waals surface area contributed by atoms with E-state index in [-0.39, 0.29) is 4.90 Å². The first-order valence-electron chi connectivity index (χ1n) is 6.99. The molecule has 0 aliphatic carbocycles. The molecule has 0 amide bonds. The number of unbranched alkanes of at least 4 members (excludes halogenated alkanes) is 3. The van der Waals surface area contributed by atoms with Crippen LogP contribution in [-0.4, -0.2) is 13.0 Å². The lowest BCUT2D eigenvalue weighted by molar-refractivity contribution is 0.581. The Hall–Kier alpha value is -1.00. The maximum atomic E-state index is 11.8. The van der Waals surface area contributed by atoms with Crippen molar-refractivity contribution >= 4 is 30.6 Å². The van der Waals surface area contributed by atoms with Crippen molar-refractivity contribution in [3.8, 4) is 0 Å². The molecular weight excluding hydrogens is 294 g/mol. The van der Waals surface area contributed by atoms with E-state index >= 15 is 0 Å². The Kier molecular flexibility index (Phi) is 4.76. The van der Waals surface area contributed by atoms with E-state index in [9.17, 15) is 8.42 Å². The lowest BCUT2D eigenvalue weighted by Gasteiger charge is -2.08. The molecule has 20 heavy (non-hydrogen) atoms. The quantitative estimate of drug-likeness (QED) is 0.583. The minimum Gasteiger partial charge on any atom is -0.343 e. The number of halogens is 1. The van der Waals surface area contributed by atoms with Gasteiger partial charge in [-0.05, 0) is 19.4 Å². The van der Waals surface area contributed by atoms with Crippen LogP contribution in [0.4, 0.5) is 0 Å². The van der Waals surface area contributed by atoms with Crippen LogP contribution in [0.3, 0.4) is 0 Å². The van der Waals surface area contributed by atoms with Gasteiger partial charge in [-0.3, -0.25) is 0 Å². The number of hydrogen-bond donors (Lipinski definition) is 0. The molecule has 0 aliphatic rings. The zero-order valence-corrected chi connectivity index (χ0v) is 13.5. The van der Waals surface area contributed by atoms with Crippen LogP contribution in [0.2, 0.25) is 0 Å². The number of benzene rings is 1. The highest BCUT2D eigenvalue weighted by Crippen LogP contribution is 2.32. The van der Waals surface area contributed by atoms with E-state index in [2.05, 4.69) is 11.5 Å². The molecule has 2 rings (SSSR count). The van der Waals surface area contributed by atoms with Crippen LogP contribution in [0.25, 0.3) is 10.9 Å². The highest BCUT2D eigenvalue weighted by molar-refractivity contribution is 8.14. The van der Waals surface area contributed by atoms with Gasteiger partial charge in [-0.25, -0.2) is 8.42 Å². The smallest absolute Gasteiger partial charge is 0.263 e. The Morgan fingerprint density at radius 3 is 2.50 bits per heavy atom. The molecule has 0 fully saturated rings. The molecule has 0 saturated carbocycles. The summed E-state index contributed by atoms with van der Waals surface area (Å²) >= 11 is 0. The lowest BCUT2D eigenvalue weighted by atomic mass is 10.2. The Morgan fingerprint density at radius 2 is 1.85 bits per heavy atom. The third-order valence-electron chi connectivity index (χ3n) is 3.65. The summed E-state index contributed by atoms with van der Waals surface area (Å²) in [7, 11) is 1.88. The molecule has 0 atom stereocenters. The third-order valence-corrected chi connectivity index (χ3v) is 5.12. The summed E-state index contributed by atoms with van der Waals surface area (Å²) in [4.78, 5) is 0.255. The van der Waals surface area contributed by atoms with E-state index in [1.54, 1.807) is 0 Å². The molecule has 1 aromatic carbocycles. The summed E-state index contributed by atoms with van der Waals surface area (Å²) < 4.78 is 25.7. The first kappa shape index (κ1) is 15.4. The van der Waals surface area contributed by atoms with Gasteiger partial charge in [-0.1, -0.05) is 44.4 Å². The zero-order valence-electron chi connectivity index (χ0n) is 11.9. The summed E-state index contributed by atoms with van der Waals surface area (Å²) in [6.45, 7) is 4.84. The van der Waals surface area contributed by atoms with Crippen molar-refractivity contribution in [1.29, 1.82) is 0 Å². The van der Waals surface area contributed by atoms with Crippen molar-refractivity contribution in [1.82, 2.24) is 4.57 Å². The number of hydrogen-bond acceptors (Lipinski definition) is 2. The second-order valence-corrected chi connectivity index (χ2v) is 7.58. The largest absolute Gasteiger partial charge is 0.343 e. The van der Waals surface area contributed by atoms with Crippen molar-refractivity contribution in [2.24, 2.45) is 0 Å². The van der Waals surface area contributed by atoms with E-state index < -0.39 is 9.05 Å². The van der Waals surface area contributed by atoms with E-state index in [4.69, 9.17) is 10.7 Å². The molecule has 3 nitrogen and oxygen atoms in total. The fourth-order valence-corrected chi connectivity index (χ4v) is 4.17. The topological polar surface area (TPSA) is 39.1 Å². The van der Waals surface area contributed by atoms with Gasteiger partial charge in [0.25, 0.3) is 9.05 Å². The summed E-state index contributed by atoms with van der Waals surface area (Å²) in [5, 5.41) is 0.718. The van der Waals surface area contributed by atoms with E-state index in [1.807, 2.05) is 31.2 Å². The van der Waals surface area contributed by atoms with Crippen LogP contribution in [0.15, 0.2) is 29.2 Å². The van der Waals surface area contributed by atoms with E-state index in [1.165, 1.54) is 12.8 Å². The summed E-state index contributed by atoms with van der Waals surface area (Å²) in [6.07, 6.45) is 4.60. The van der Waals surface area contributed by atoms with Crippen LogP contribution in [0, 0.1) is 6.92 Å². The van der Waals surface area contributed by atoms with Crippen molar-refractivity contribution < 1.29 is 8.42 Å². The molecule has 0 bridgehead atoms. The van der Waals surface area contributed by atoms with E-state index in [0.717, 1.165) is 36.0 Å². The Balaban J connectivity index is 2.47. The van der Waals surface area contributed by atoms with Crippen molar-refractivity contribution in [3.05, 3.63) is 30.0 Å². The van der Waals surface area contributed by atoms with Gasteiger partial charge in [-0.2, -0.15) is 0 Å². The molecule has 2 aromatic rings. The highest BCUT2D eigenvalue weighted by Gasteiger charge is 2.22. The predicted molar refractivity (Wildman–Crippen MR) is 83.9 cm³/mol. The fourth-order valence-electron chi connectivity index (χ4n) is 2.69. The SMILES string of the molecule is CCCCCCn1c(C)c(S(=O)(=O)Cl)c2ccccc21. The van der Waals surface area contributed by atoms with Gasteiger partial charge in [0, 0.05) is 33.8 Å². The molecule has 0 aliphatic heterocycles. The Morgan fingerprint density at radius 1 is 1.15 bits per heavy atom. The van der Waals surface area contributed by atoms with Gasteiger partial charge in [0.2, 0.25) is 0 Å². The maximum absolute atomic E-state index is 11.8. The average Bonchev–Trinajstić information content (AvgIpc) is 2.67. The first-order chi connectivity index (χ1) is 9.46. The van der Waals surface area contributed by atoms with Gasteiger partial charge >= 0.3 is 0 Å². The lowest BCUT2D eigenvalue weighted by Crippen LogP contribution is -2.02. The molecule has 1 aromatic heterocycles. The van der Waals surface area contributed by atoms with Gasteiger partial charge in [0.05, 0.1) is 0 Å². The van der Waals surface area contributed by atoms with Crippen LogP contribution in [-0.2, 0) is 15.6 Å². The highest BCUT2D eigenvalue weighted by atomic mass is 35.7. The molecule has 110 valence electrons. The van der Waals surface area contributed by atoms with Crippen molar-refractivity contribution in [3.63, 3.8) is 0 Å². The number of aryl methyl sites for hydroxylation is 1. The Labute approximate surface area is 125 Å². The average molecular weight is 314 g/mol. The van der Waals surface area contributed by atoms with E-state index in [0.29, 0.717) is 0 Å². The molecule has 0 N–H and O–H groups in total. The van der Waals surface area contributed by atoms with Crippen LogP contribution >= 0.6 is 10.7 Å². The number of rotatable bonds is 6. The van der Waals surface area contributed by atoms with Gasteiger partial charge in [0.1, 0.15) is 4.90 Å². The zero-order chi connectivity index (χ0) is 14.8. The summed E-state index contributed by atoms with van der Waals surface area (Å²) in [6, 6.07) is 7.54. The van der Waals surface area contributed by atoms with Crippen LogP contribution in [0.5, 0.6) is 0 Å². The standard InChI is InChI=1S/C15H20ClNO2S/c1-3-4-5-8-11-17-12(2)15(20(16,18)19)13-9-6-7-10-14(13)17/h6-7,9-10H,3-5,8,11H2,1-2H3. The monoisotopic (exact) mass is 313 g/mol. The molecule has 0 unspecified atom stereocenters. The third kappa shape index (κ3) is 3.01. The van der Waals surface area contributed by atoms with Gasteiger partial charge in [0.15, 0.2) is 0 Å². The summed E-state index contributed by atoms with van der Waals surface area (Å²) in [5.74, 6) is 0. The van der Waals surface area contributed by atoms with Crippen molar-refractivity contribution in [2.45, 2.75) is 51.0 Å². The molecule has 0 radical (unpaired) electrons. The number of para-hydroxylation sites is 1. The maximum Gasteiger partial charge on any atom is 0.263 e. The molecule has 0 saturated heterocycles. The van der Waals surface area contributed by atoms with Crippen LogP contribution in [0.1, 0.15) is 38.3 Å².